The first-order chi connectivity index (χ1) is 12.5. The smallest absolute Gasteiger partial charge is 0.242 e. The first-order valence-electron chi connectivity index (χ1n) is 7.66. The van der Waals surface area contributed by atoms with Gasteiger partial charge in [0.2, 0.25) is 21.7 Å². The molecular formula is C16H14N6O3S. The third-order valence-electron chi connectivity index (χ3n) is 3.61. The molecular weight excluding hydrogens is 356 g/mol. The lowest BCUT2D eigenvalue weighted by atomic mass is 10.1. The fourth-order valence-electron chi connectivity index (χ4n) is 2.42. The minimum Gasteiger partial charge on any atom is -0.338 e. The fourth-order valence-corrected chi connectivity index (χ4v) is 2.81. The Labute approximate surface area is 148 Å². The molecule has 4 aromatic rings. The third kappa shape index (κ3) is 3.46. The number of fused-ring (bicyclic) bond motifs is 1. The van der Waals surface area contributed by atoms with Crippen LogP contribution in [0.4, 0.5) is 0 Å². The summed E-state index contributed by atoms with van der Waals surface area (Å²) in [5.74, 6) is 0.562. The lowest BCUT2D eigenvalue weighted by Crippen LogP contribution is -2.21. The Morgan fingerprint density at radius 2 is 2.00 bits per heavy atom. The maximum absolute atomic E-state index is 11.1. The molecule has 0 radical (unpaired) electrons. The van der Waals surface area contributed by atoms with Crippen LogP contribution in [0.2, 0.25) is 0 Å². The Hall–Kier alpha value is -3.11. The molecule has 132 valence electrons. The van der Waals surface area contributed by atoms with Gasteiger partial charge in [-0.25, -0.2) is 22.6 Å². The van der Waals surface area contributed by atoms with Gasteiger partial charge in [0, 0.05) is 17.3 Å². The number of rotatable bonds is 5. The topological polar surface area (TPSA) is 115 Å². The summed E-state index contributed by atoms with van der Waals surface area (Å²) >= 11 is 0. The Kier molecular flexibility index (Phi) is 3.98. The number of nitrogens with zero attached hydrogens (tertiary/aromatic N) is 5. The number of nitrogens with one attached hydrogen (secondary N) is 1. The van der Waals surface area contributed by atoms with Crippen LogP contribution in [0.3, 0.4) is 0 Å². The van der Waals surface area contributed by atoms with Crippen molar-refractivity contribution in [2.24, 2.45) is 0 Å². The zero-order valence-electron chi connectivity index (χ0n) is 13.7. The van der Waals surface area contributed by atoms with Crippen molar-refractivity contribution in [1.29, 1.82) is 0 Å². The van der Waals surface area contributed by atoms with E-state index in [-0.39, 0.29) is 12.4 Å². The van der Waals surface area contributed by atoms with Crippen LogP contribution in [0.5, 0.6) is 0 Å². The highest BCUT2D eigenvalue weighted by atomic mass is 32.2. The van der Waals surface area contributed by atoms with Gasteiger partial charge in [-0.1, -0.05) is 23.4 Å². The van der Waals surface area contributed by atoms with E-state index in [0.29, 0.717) is 5.82 Å². The SMILES string of the molecule is CS(=O)(=O)NCc1nc(-c2cccc(-c3cn4ncccc4n3)c2)no1. The van der Waals surface area contributed by atoms with Gasteiger partial charge >= 0.3 is 0 Å². The summed E-state index contributed by atoms with van der Waals surface area (Å²) in [5.41, 5.74) is 3.14. The second-order valence-electron chi connectivity index (χ2n) is 5.64. The number of aromatic nitrogens is 5. The molecule has 3 aromatic heterocycles. The summed E-state index contributed by atoms with van der Waals surface area (Å²) in [6.07, 6.45) is 4.60. The highest BCUT2D eigenvalue weighted by molar-refractivity contribution is 7.88. The molecule has 0 saturated carbocycles. The molecule has 26 heavy (non-hydrogen) atoms. The van der Waals surface area contributed by atoms with Crippen molar-refractivity contribution in [3.8, 4) is 22.6 Å². The first kappa shape index (κ1) is 16.4. The largest absolute Gasteiger partial charge is 0.338 e. The van der Waals surface area contributed by atoms with E-state index >= 15 is 0 Å². The van der Waals surface area contributed by atoms with Crippen molar-refractivity contribution in [3.05, 3.63) is 54.7 Å². The molecule has 0 aliphatic rings. The van der Waals surface area contributed by atoms with Gasteiger partial charge in [-0.3, -0.25) is 0 Å². The van der Waals surface area contributed by atoms with Crippen LogP contribution in [0, 0.1) is 0 Å². The summed E-state index contributed by atoms with van der Waals surface area (Å²) in [6, 6.07) is 11.2. The van der Waals surface area contributed by atoms with E-state index in [1.54, 1.807) is 10.7 Å². The van der Waals surface area contributed by atoms with E-state index in [1.165, 1.54) is 0 Å². The first-order valence-corrected chi connectivity index (χ1v) is 9.55. The second kappa shape index (κ2) is 6.32. The molecule has 0 aliphatic carbocycles. The average molecular weight is 370 g/mol. The van der Waals surface area contributed by atoms with E-state index < -0.39 is 10.0 Å². The van der Waals surface area contributed by atoms with Crippen LogP contribution in [-0.4, -0.2) is 39.4 Å². The summed E-state index contributed by atoms with van der Waals surface area (Å²) in [5, 5.41) is 8.12. The molecule has 0 aliphatic heterocycles. The molecule has 4 rings (SSSR count). The van der Waals surface area contributed by atoms with E-state index in [0.717, 1.165) is 28.7 Å². The predicted octanol–water partition coefficient (Wildman–Crippen LogP) is 1.50. The van der Waals surface area contributed by atoms with Gasteiger partial charge in [0.15, 0.2) is 5.65 Å². The molecule has 9 nitrogen and oxygen atoms in total. The summed E-state index contributed by atoms with van der Waals surface area (Å²) in [4.78, 5) is 8.76. The van der Waals surface area contributed by atoms with Crippen molar-refractivity contribution >= 4 is 15.7 Å². The third-order valence-corrected chi connectivity index (χ3v) is 4.28. The minimum atomic E-state index is -3.33. The molecule has 0 saturated heterocycles. The Morgan fingerprint density at radius 3 is 2.81 bits per heavy atom. The van der Waals surface area contributed by atoms with Gasteiger partial charge in [-0.15, -0.1) is 0 Å². The van der Waals surface area contributed by atoms with Gasteiger partial charge in [-0.05, 0) is 18.2 Å². The number of hydrogen-bond acceptors (Lipinski definition) is 7. The Balaban J connectivity index is 1.62. The van der Waals surface area contributed by atoms with Crippen molar-refractivity contribution in [1.82, 2.24) is 29.5 Å². The van der Waals surface area contributed by atoms with Gasteiger partial charge in [0.1, 0.15) is 0 Å². The predicted molar refractivity (Wildman–Crippen MR) is 93.4 cm³/mol. The van der Waals surface area contributed by atoms with Gasteiger partial charge in [0.25, 0.3) is 0 Å². The molecule has 1 aromatic carbocycles. The number of benzene rings is 1. The Bertz CT molecular complexity index is 1150. The maximum Gasteiger partial charge on any atom is 0.242 e. The molecule has 1 N–H and O–H groups in total. The summed E-state index contributed by atoms with van der Waals surface area (Å²) in [6.45, 7) is -0.0520. The van der Waals surface area contributed by atoms with Crippen LogP contribution in [0.15, 0.2) is 53.3 Å². The average Bonchev–Trinajstić information content (AvgIpc) is 3.26. The molecule has 0 bridgehead atoms. The molecule has 0 unspecified atom stereocenters. The van der Waals surface area contributed by atoms with Crippen LogP contribution < -0.4 is 4.72 Å². The van der Waals surface area contributed by atoms with E-state index in [4.69, 9.17) is 4.52 Å². The maximum atomic E-state index is 11.1. The van der Waals surface area contributed by atoms with Gasteiger partial charge in [0.05, 0.1) is 24.7 Å². The summed E-state index contributed by atoms with van der Waals surface area (Å²) in [7, 11) is -3.33. The second-order valence-corrected chi connectivity index (χ2v) is 7.47. The fraction of sp³-hybridized carbons (Fsp3) is 0.125. The standard InChI is InChI=1S/C16H14N6O3S/c1-26(23,24)18-9-15-20-16(21-25-15)12-5-2-4-11(8-12)13-10-22-14(19-13)6-3-7-17-22/h2-8,10,18H,9H2,1H3. The number of imidazole rings is 1. The normalized spacial score (nSPS) is 11.9. The van der Waals surface area contributed by atoms with Crippen molar-refractivity contribution in [2.75, 3.05) is 6.26 Å². The molecule has 10 heteroatoms. The van der Waals surface area contributed by atoms with E-state index in [1.807, 2.05) is 42.6 Å². The van der Waals surface area contributed by atoms with Crippen molar-refractivity contribution < 1.29 is 12.9 Å². The molecule has 3 heterocycles. The Morgan fingerprint density at radius 1 is 1.15 bits per heavy atom. The summed E-state index contributed by atoms with van der Waals surface area (Å²) < 4.78 is 31.4. The lowest BCUT2D eigenvalue weighted by molar-refractivity contribution is 0.376. The van der Waals surface area contributed by atoms with E-state index in [2.05, 4.69) is 24.9 Å². The highest BCUT2D eigenvalue weighted by Gasteiger charge is 2.12. The molecule has 0 fully saturated rings. The van der Waals surface area contributed by atoms with Gasteiger partial charge < -0.3 is 4.52 Å². The monoisotopic (exact) mass is 370 g/mol. The van der Waals surface area contributed by atoms with Crippen LogP contribution in [0.25, 0.3) is 28.3 Å². The zero-order chi connectivity index (χ0) is 18.1. The van der Waals surface area contributed by atoms with Crippen LogP contribution in [0.1, 0.15) is 5.89 Å². The van der Waals surface area contributed by atoms with Crippen LogP contribution >= 0.6 is 0 Å². The van der Waals surface area contributed by atoms with Crippen molar-refractivity contribution in [2.45, 2.75) is 6.54 Å². The quantitative estimate of drug-likeness (QED) is 0.566. The minimum absolute atomic E-state index is 0.0520. The van der Waals surface area contributed by atoms with E-state index in [9.17, 15) is 8.42 Å². The van der Waals surface area contributed by atoms with Crippen molar-refractivity contribution in [3.63, 3.8) is 0 Å². The number of hydrogen-bond donors (Lipinski definition) is 1. The molecule has 0 amide bonds. The molecule has 0 spiro atoms. The highest BCUT2D eigenvalue weighted by Crippen LogP contribution is 2.24. The van der Waals surface area contributed by atoms with Gasteiger partial charge in [-0.2, -0.15) is 10.1 Å². The molecule has 0 atom stereocenters. The zero-order valence-corrected chi connectivity index (χ0v) is 14.5. The lowest BCUT2D eigenvalue weighted by Gasteiger charge is -1.99. The number of sulfonamides is 1. The van der Waals surface area contributed by atoms with Crippen LogP contribution in [-0.2, 0) is 16.6 Å².